The summed E-state index contributed by atoms with van der Waals surface area (Å²) in [7, 11) is 0. The minimum atomic E-state index is -1.84. The summed E-state index contributed by atoms with van der Waals surface area (Å²) >= 11 is 0. The summed E-state index contributed by atoms with van der Waals surface area (Å²) in [4.78, 5) is 29.9. The van der Waals surface area contributed by atoms with Crippen LogP contribution >= 0.6 is 0 Å². The molecule has 2 amide bonds. The van der Waals surface area contributed by atoms with Gasteiger partial charge in [0.15, 0.2) is 12.2 Å². The molecule has 2 heterocycles. The molecular weight excluding hydrogens is 372 g/mol. The van der Waals surface area contributed by atoms with Gasteiger partial charge in [-0.3, -0.25) is 14.6 Å². The molecule has 0 saturated carbocycles. The second-order valence-electron chi connectivity index (χ2n) is 6.84. The second-order valence-corrected chi connectivity index (χ2v) is 6.84. The summed E-state index contributed by atoms with van der Waals surface area (Å²) in [5.41, 5.74) is 2.60. The number of carbonyl (C=O) groups excluding carboxylic acids is 2. The predicted molar refractivity (Wildman–Crippen MR) is 104 cm³/mol. The number of amides is 2. The fraction of sp³-hybridized carbons (Fsp3) is 0.333. The van der Waals surface area contributed by atoms with Crippen molar-refractivity contribution in [1.29, 1.82) is 5.26 Å². The maximum absolute atomic E-state index is 12.1. The van der Waals surface area contributed by atoms with Crippen molar-refractivity contribution in [2.24, 2.45) is 0 Å². The maximum atomic E-state index is 12.1. The standard InChI is InChI=1S/C21H22N4O4/c22-11-14-5-1-2-6-17(14)15-7-8-16(23-12-15)13-24-20(28)18(26)19(27)21(29)25-9-3-4-10-25/h1-2,5-8,12,18-19,26-27H,3-4,9-10,13H2,(H,24,28)/t18-,19-/m1/s1. The van der Waals surface area contributed by atoms with E-state index in [9.17, 15) is 25.1 Å². The van der Waals surface area contributed by atoms with Crippen LogP contribution < -0.4 is 5.32 Å². The number of aliphatic hydroxyl groups is 2. The fourth-order valence-electron chi connectivity index (χ4n) is 3.21. The third-order valence-corrected chi connectivity index (χ3v) is 4.87. The van der Waals surface area contributed by atoms with Gasteiger partial charge in [0.05, 0.1) is 23.9 Å². The van der Waals surface area contributed by atoms with Gasteiger partial charge in [-0.15, -0.1) is 0 Å². The van der Waals surface area contributed by atoms with Gasteiger partial charge in [0.1, 0.15) is 0 Å². The molecule has 0 unspecified atom stereocenters. The van der Waals surface area contributed by atoms with Crippen LogP contribution in [0.25, 0.3) is 11.1 Å². The van der Waals surface area contributed by atoms with Gasteiger partial charge in [-0.05, 0) is 25.0 Å². The lowest BCUT2D eigenvalue weighted by Gasteiger charge is -2.22. The molecule has 1 aromatic heterocycles. The van der Waals surface area contributed by atoms with Crippen LogP contribution in [0.2, 0.25) is 0 Å². The van der Waals surface area contributed by atoms with E-state index in [1.807, 2.05) is 12.1 Å². The Morgan fingerprint density at radius 3 is 2.52 bits per heavy atom. The van der Waals surface area contributed by atoms with E-state index in [-0.39, 0.29) is 6.54 Å². The highest BCUT2D eigenvalue weighted by Crippen LogP contribution is 2.22. The Hall–Kier alpha value is -3.28. The molecule has 1 aromatic carbocycles. The van der Waals surface area contributed by atoms with E-state index in [2.05, 4.69) is 16.4 Å². The molecule has 0 spiro atoms. The summed E-state index contributed by atoms with van der Waals surface area (Å²) < 4.78 is 0. The normalized spacial score (nSPS) is 15.4. The zero-order chi connectivity index (χ0) is 20.8. The number of hydrogen-bond donors (Lipinski definition) is 3. The van der Waals surface area contributed by atoms with Gasteiger partial charge in [-0.1, -0.05) is 24.3 Å². The monoisotopic (exact) mass is 394 g/mol. The lowest BCUT2D eigenvalue weighted by molar-refractivity contribution is -0.152. The van der Waals surface area contributed by atoms with E-state index in [1.54, 1.807) is 30.5 Å². The minimum Gasteiger partial charge on any atom is -0.380 e. The quantitative estimate of drug-likeness (QED) is 0.658. The third kappa shape index (κ3) is 4.77. The molecule has 2 atom stereocenters. The van der Waals surface area contributed by atoms with Gasteiger partial charge in [0.25, 0.3) is 11.8 Å². The van der Waals surface area contributed by atoms with Crippen molar-refractivity contribution in [3.63, 3.8) is 0 Å². The van der Waals surface area contributed by atoms with Gasteiger partial charge in [-0.25, -0.2) is 0 Å². The summed E-state index contributed by atoms with van der Waals surface area (Å²) in [6, 6.07) is 12.8. The van der Waals surface area contributed by atoms with E-state index in [4.69, 9.17) is 0 Å². The smallest absolute Gasteiger partial charge is 0.254 e. The molecular formula is C21H22N4O4. The molecule has 1 aliphatic heterocycles. The lowest BCUT2D eigenvalue weighted by Crippen LogP contribution is -2.50. The Balaban J connectivity index is 1.57. The number of hydrogen-bond acceptors (Lipinski definition) is 6. The second kappa shape index (κ2) is 9.28. The molecule has 0 bridgehead atoms. The molecule has 8 heteroatoms. The summed E-state index contributed by atoms with van der Waals surface area (Å²) in [6.07, 6.45) is -0.335. The number of benzene rings is 1. The Morgan fingerprint density at radius 2 is 1.86 bits per heavy atom. The molecule has 29 heavy (non-hydrogen) atoms. The fourth-order valence-corrected chi connectivity index (χ4v) is 3.21. The number of carbonyl (C=O) groups is 2. The predicted octanol–water partition coefficient (Wildman–Crippen LogP) is 0.581. The molecule has 3 N–H and O–H groups in total. The first-order valence-electron chi connectivity index (χ1n) is 9.38. The van der Waals surface area contributed by atoms with Crippen molar-refractivity contribution >= 4 is 11.8 Å². The average Bonchev–Trinajstić information content (AvgIpc) is 3.31. The number of nitriles is 1. The van der Waals surface area contributed by atoms with E-state index >= 15 is 0 Å². The van der Waals surface area contributed by atoms with E-state index < -0.39 is 24.0 Å². The van der Waals surface area contributed by atoms with Crippen molar-refractivity contribution in [3.05, 3.63) is 53.9 Å². The summed E-state index contributed by atoms with van der Waals surface area (Å²) in [5.74, 6) is -1.48. The lowest BCUT2D eigenvalue weighted by atomic mass is 10.0. The number of aromatic nitrogens is 1. The summed E-state index contributed by atoms with van der Waals surface area (Å²) in [5, 5.41) is 31.6. The highest BCUT2D eigenvalue weighted by molar-refractivity contribution is 5.90. The van der Waals surface area contributed by atoms with E-state index in [0.29, 0.717) is 24.3 Å². The number of likely N-dealkylation sites (tertiary alicyclic amines) is 1. The molecule has 0 radical (unpaired) electrons. The molecule has 1 aliphatic rings. The average molecular weight is 394 g/mol. The van der Waals surface area contributed by atoms with Crippen LogP contribution in [0.3, 0.4) is 0 Å². The first kappa shape index (κ1) is 20.5. The largest absolute Gasteiger partial charge is 0.380 e. The van der Waals surface area contributed by atoms with Crippen LogP contribution in [0.15, 0.2) is 42.6 Å². The number of nitrogens with one attached hydrogen (secondary N) is 1. The van der Waals surface area contributed by atoms with Crippen LogP contribution in [0.5, 0.6) is 0 Å². The van der Waals surface area contributed by atoms with Crippen LogP contribution in [0, 0.1) is 11.3 Å². The summed E-state index contributed by atoms with van der Waals surface area (Å²) in [6.45, 7) is 1.07. The van der Waals surface area contributed by atoms with Crippen molar-refractivity contribution in [3.8, 4) is 17.2 Å². The van der Waals surface area contributed by atoms with Crippen LogP contribution in [-0.2, 0) is 16.1 Å². The molecule has 1 saturated heterocycles. The zero-order valence-corrected chi connectivity index (χ0v) is 15.8. The minimum absolute atomic E-state index is 0.0285. The topological polar surface area (TPSA) is 127 Å². The number of rotatable bonds is 6. The van der Waals surface area contributed by atoms with E-state index in [1.165, 1.54) is 4.90 Å². The highest BCUT2D eigenvalue weighted by Gasteiger charge is 2.34. The van der Waals surface area contributed by atoms with Crippen LogP contribution in [0.4, 0.5) is 0 Å². The molecule has 0 aliphatic carbocycles. The molecule has 8 nitrogen and oxygen atoms in total. The Kier molecular flexibility index (Phi) is 6.54. The molecule has 1 fully saturated rings. The van der Waals surface area contributed by atoms with Crippen LogP contribution in [0.1, 0.15) is 24.1 Å². The van der Waals surface area contributed by atoms with Gasteiger partial charge in [0, 0.05) is 30.4 Å². The Labute approximate surface area is 168 Å². The number of nitrogens with zero attached hydrogens (tertiary/aromatic N) is 3. The van der Waals surface area contributed by atoms with E-state index in [0.717, 1.165) is 24.0 Å². The molecule has 150 valence electrons. The number of pyridine rings is 1. The zero-order valence-electron chi connectivity index (χ0n) is 15.8. The highest BCUT2D eigenvalue weighted by atomic mass is 16.3. The Bertz CT molecular complexity index is 917. The van der Waals surface area contributed by atoms with Crippen molar-refractivity contribution < 1.29 is 19.8 Å². The molecule has 2 aromatic rings. The van der Waals surface area contributed by atoms with Crippen molar-refractivity contribution in [1.82, 2.24) is 15.2 Å². The SMILES string of the molecule is N#Cc1ccccc1-c1ccc(CNC(=O)[C@H](O)[C@@H](O)C(=O)N2CCCC2)nc1. The van der Waals surface area contributed by atoms with Crippen LogP contribution in [-0.4, -0.2) is 57.2 Å². The van der Waals surface area contributed by atoms with Gasteiger partial charge < -0.3 is 20.4 Å². The van der Waals surface area contributed by atoms with Gasteiger partial charge in [-0.2, -0.15) is 5.26 Å². The maximum Gasteiger partial charge on any atom is 0.254 e. The van der Waals surface area contributed by atoms with Gasteiger partial charge >= 0.3 is 0 Å². The van der Waals surface area contributed by atoms with Crippen molar-refractivity contribution in [2.45, 2.75) is 31.6 Å². The Morgan fingerprint density at radius 1 is 1.14 bits per heavy atom. The molecule has 3 rings (SSSR count). The third-order valence-electron chi connectivity index (χ3n) is 4.87. The number of aliphatic hydroxyl groups excluding tert-OH is 2. The van der Waals surface area contributed by atoms with Crippen molar-refractivity contribution in [2.75, 3.05) is 13.1 Å². The first-order chi connectivity index (χ1) is 14.0. The first-order valence-corrected chi connectivity index (χ1v) is 9.38. The van der Waals surface area contributed by atoms with Gasteiger partial charge in [0.2, 0.25) is 0 Å².